The van der Waals surface area contributed by atoms with E-state index in [0.29, 0.717) is 0 Å². The molecule has 0 radical (unpaired) electrons. The summed E-state index contributed by atoms with van der Waals surface area (Å²) in [6, 6.07) is 1.73. The lowest BCUT2D eigenvalue weighted by Crippen LogP contribution is -1.68. The first-order valence-corrected chi connectivity index (χ1v) is 2.15. The fourth-order valence-corrected chi connectivity index (χ4v) is 0.417. The second-order valence-corrected chi connectivity index (χ2v) is 1.29. The molecule has 0 atom stereocenters. The second-order valence-electron chi connectivity index (χ2n) is 1.29. The Kier molecular flexibility index (Phi) is 1.26. The molecule has 1 heterocycles. The molecule has 1 N–H and O–H groups in total. The molecule has 0 spiro atoms. The van der Waals surface area contributed by atoms with E-state index in [4.69, 9.17) is 5.41 Å². The van der Waals surface area contributed by atoms with Gasteiger partial charge in [0.1, 0.15) is 0 Å². The minimum atomic E-state index is 0.743. The molecule has 1 rings (SSSR count). The van der Waals surface area contributed by atoms with Gasteiger partial charge in [-0.1, -0.05) is 0 Å². The van der Waals surface area contributed by atoms with Gasteiger partial charge in [-0.3, -0.25) is 11.0 Å². The van der Waals surface area contributed by atoms with Crippen LogP contribution < -0.4 is 0 Å². The first-order valence-electron chi connectivity index (χ1n) is 2.15. The van der Waals surface area contributed by atoms with Crippen molar-refractivity contribution in [1.82, 2.24) is 10.2 Å². The molecular formula is C5H4N3-. The molecule has 0 saturated carbocycles. The molecule has 1 aromatic rings. The minimum absolute atomic E-state index is 0.743. The van der Waals surface area contributed by atoms with Gasteiger partial charge >= 0.3 is 0 Å². The quantitative estimate of drug-likeness (QED) is 0.525. The predicted molar refractivity (Wildman–Crippen MR) is 31.4 cm³/mol. The smallest absolute Gasteiger partial charge is 0.0636 e. The molecule has 8 heavy (non-hydrogen) atoms. The third kappa shape index (κ3) is 0.832. The summed E-state index contributed by atoms with van der Waals surface area (Å²) >= 11 is 0. The summed E-state index contributed by atoms with van der Waals surface area (Å²) in [6.07, 6.45) is 3.00. The molecule has 0 aliphatic carbocycles. The van der Waals surface area contributed by atoms with E-state index in [-0.39, 0.29) is 0 Å². The summed E-state index contributed by atoms with van der Waals surface area (Å²) in [7, 11) is 0. The molecule has 3 nitrogen and oxygen atoms in total. The normalized spacial score (nSPS) is 8.00. The highest BCUT2D eigenvalue weighted by molar-refractivity contribution is 5.78. The topological polar surface area (TPSA) is 51.0 Å². The molecule has 0 fully saturated rings. The van der Waals surface area contributed by atoms with Crippen molar-refractivity contribution >= 4 is 11.9 Å². The number of hydrogen-bond acceptors (Lipinski definition) is 1. The third-order valence-corrected chi connectivity index (χ3v) is 0.742. The van der Waals surface area contributed by atoms with Gasteiger partial charge in [-0.2, -0.15) is 5.10 Å². The predicted octanol–water partition coefficient (Wildman–Crippen LogP) is 0.662. The Bertz CT molecular complexity index is 193. The van der Waals surface area contributed by atoms with Gasteiger partial charge in [-0.15, -0.1) is 0 Å². The van der Waals surface area contributed by atoms with Crippen LogP contribution in [0, 0.1) is 0 Å². The molecule has 0 unspecified atom stereocenters. The Labute approximate surface area is 46.6 Å². The van der Waals surface area contributed by atoms with Crippen LogP contribution in [0.1, 0.15) is 5.69 Å². The van der Waals surface area contributed by atoms with E-state index in [0.717, 1.165) is 5.69 Å². The highest BCUT2D eigenvalue weighted by atomic mass is 15.1. The SMILES string of the molecule is [N-]=C=Cc1ccn[nH]1. The molecule has 3 heteroatoms. The summed E-state index contributed by atoms with van der Waals surface area (Å²) in [5.74, 6) is 1.87. The van der Waals surface area contributed by atoms with E-state index in [9.17, 15) is 0 Å². The van der Waals surface area contributed by atoms with Crippen LogP contribution in [0.4, 0.5) is 0 Å². The van der Waals surface area contributed by atoms with E-state index in [1.807, 2.05) is 5.87 Å². The lowest BCUT2D eigenvalue weighted by atomic mass is 10.4. The zero-order valence-electron chi connectivity index (χ0n) is 4.13. The Hall–Kier alpha value is -1.34. The van der Waals surface area contributed by atoms with Gasteiger partial charge in [0.25, 0.3) is 0 Å². The van der Waals surface area contributed by atoms with E-state index in [2.05, 4.69) is 10.2 Å². The fraction of sp³-hybridized carbons (Fsp3) is 0. The van der Waals surface area contributed by atoms with Crippen molar-refractivity contribution < 1.29 is 0 Å². The lowest BCUT2D eigenvalue weighted by molar-refractivity contribution is 1.08. The van der Waals surface area contributed by atoms with Crippen molar-refractivity contribution in [2.24, 2.45) is 0 Å². The molecule has 1 aromatic heterocycles. The number of H-pyrrole nitrogens is 1. The van der Waals surface area contributed by atoms with Crippen LogP contribution >= 0.6 is 0 Å². The van der Waals surface area contributed by atoms with Crippen LogP contribution in [0.25, 0.3) is 11.5 Å². The van der Waals surface area contributed by atoms with Crippen molar-refractivity contribution in [3.8, 4) is 0 Å². The fourth-order valence-electron chi connectivity index (χ4n) is 0.417. The van der Waals surface area contributed by atoms with Gasteiger partial charge < -0.3 is 5.41 Å². The van der Waals surface area contributed by atoms with E-state index in [1.54, 1.807) is 12.3 Å². The molecule has 0 amide bonds. The van der Waals surface area contributed by atoms with Crippen LogP contribution in [-0.4, -0.2) is 16.1 Å². The summed E-state index contributed by atoms with van der Waals surface area (Å²) in [6.45, 7) is 0. The maximum Gasteiger partial charge on any atom is 0.0636 e. The maximum absolute atomic E-state index is 8.08. The molecular weight excluding hydrogens is 102 g/mol. The van der Waals surface area contributed by atoms with Crippen LogP contribution in [-0.2, 0) is 0 Å². The Morgan fingerprint density at radius 3 is 3.25 bits per heavy atom. The number of rotatable bonds is 1. The van der Waals surface area contributed by atoms with E-state index >= 15 is 0 Å². The number of hydrogen-bond donors (Lipinski definition) is 1. The zero-order chi connectivity index (χ0) is 5.82. The van der Waals surface area contributed by atoms with Crippen LogP contribution in [0.2, 0.25) is 0 Å². The summed E-state index contributed by atoms with van der Waals surface area (Å²) in [5.41, 5.74) is 0.743. The van der Waals surface area contributed by atoms with E-state index in [1.165, 1.54) is 6.08 Å². The van der Waals surface area contributed by atoms with Gasteiger partial charge in [-0.05, 0) is 12.1 Å². The van der Waals surface area contributed by atoms with Gasteiger partial charge in [0.15, 0.2) is 0 Å². The van der Waals surface area contributed by atoms with Crippen molar-refractivity contribution in [2.45, 2.75) is 0 Å². The Morgan fingerprint density at radius 2 is 2.75 bits per heavy atom. The number of nitrogens with one attached hydrogen (secondary N) is 1. The summed E-state index contributed by atoms with van der Waals surface area (Å²) in [5, 5.41) is 14.3. The average molecular weight is 106 g/mol. The standard InChI is InChI=1S/C5H4N3/c6-3-1-5-2-4-7-8-5/h1-2,4H,(H,7,8)/q-1. The highest BCUT2D eigenvalue weighted by Gasteiger charge is 1.78. The average Bonchev–Trinajstić information content (AvgIpc) is 2.19. The highest BCUT2D eigenvalue weighted by Crippen LogP contribution is 1.89. The number of nitrogens with zero attached hydrogens (tertiary/aromatic N) is 2. The minimum Gasteiger partial charge on any atom is -0.763 e. The molecule has 0 aliphatic heterocycles. The largest absolute Gasteiger partial charge is 0.763 e. The van der Waals surface area contributed by atoms with Crippen molar-refractivity contribution in [2.75, 3.05) is 0 Å². The maximum atomic E-state index is 8.08. The molecule has 40 valence electrons. The molecule has 0 saturated heterocycles. The Morgan fingerprint density at radius 1 is 1.88 bits per heavy atom. The van der Waals surface area contributed by atoms with Crippen LogP contribution in [0.3, 0.4) is 0 Å². The van der Waals surface area contributed by atoms with Gasteiger partial charge in [0.05, 0.1) is 5.69 Å². The molecule has 0 aliphatic rings. The summed E-state index contributed by atoms with van der Waals surface area (Å²) < 4.78 is 0. The zero-order valence-corrected chi connectivity index (χ0v) is 4.13. The third-order valence-electron chi connectivity index (χ3n) is 0.742. The second kappa shape index (κ2) is 2.09. The number of aromatic nitrogens is 2. The van der Waals surface area contributed by atoms with E-state index < -0.39 is 0 Å². The number of aromatic amines is 1. The van der Waals surface area contributed by atoms with Crippen molar-refractivity contribution in [3.63, 3.8) is 0 Å². The first-order chi connectivity index (χ1) is 3.93. The summed E-state index contributed by atoms with van der Waals surface area (Å²) in [4.78, 5) is 0. The van der Waals surface area contributed by atoms with Gasteiger partial charge in [0, 0.05) is 6.20 Å². The van der Waals surface area contributed by atoms with Gasteiger partial charge in [0.2, 0.25) is 0 Å². The van der Waals surface area contributed by atoms with Crippen molar-refractivity contribution in [3.05, 3.63) is 23.4 Å². The van der Waals surface area contributed by atoms with Crippen LogP contribution in [0.15, 0.2) is 12.3 Å². The van der Waals surface area contributed by atoms with Crippen LogP contribution in [0.5, 0.6) is 0 Å². The van der Waals surface area contributed by atoms with Gasteiger partial charge in [-0.25, -0.2) is 0 Å². The van der Waals surface area contributed by atoms with Crippen molar-refractivity contribution in [1.29, 1.82) is 0 Å². The monoisotopic (exact) mass is 106 g/mol. The first kappa shape index (κ1) is 4.81. The molecule has 0 bridgehead atoms. The lowest BCUT2D eigenvalue weighted by Gasteiger charge is -1.76. The molecule has 0 aromatic carbocycles. The Balaban J connectivity index is 2.93.